The summed E-state index contributed by atoms with van der Waals surface area (Å²) in [7, 11) is 1.42. The molecule has 0 saturated carbocycles. The normalized spacial score (nSPS) is 10.3. The first-order chi connectivity index (χ1) is 9.40. The van der Waals surface area contributed by atoms with Crippen molar-refractivity contribution in [3.63, 3.8) is 0 Å². The third-order valence-corrected chi connectivity index (χ3v) is 3.40. The van der Waals surface area contributed by atoms with E-state index in [1.807, 2.05) is 22.6 Å². The van der Waals surface area contributed by atoms with Crippen molar-refractivity contribution in [3.8, 4) is 0 Å². The van der Waals surface area contributed by atoms with Crippen LogP contribution in [-0.4, -0.2) is 15.6 Å². The number of carboxylic acids is 1. The molecule has 5 nitrogen and oxygen atoms in total. The Bertz CT molecular complexity index is 743. The van der Waals surface area contributed by atoms with Gasteiger partial charge in [-0.2, -0.15) is 0 Å². The van der Waals surface area contributed by atoms with E-state index in [1.165, 1.54) is 25.2 Å². The van der Waals surface area contributed by atoms with Crippen LogP contribution in [0.15, 0.2) is 35.1 Å². The Labute approximate surface area is 127 Å². The average Bonchev–Trinajstić information content (AvgIpc) is 2.37. The van der Waals surface area contributed by atoms with E-state index in [1.54, 1.807) is 6.07 Å². The number of aromatic carboxylic acids is 1. The average molecular weight is 388 g/mol. The molecule has 0 aliphatic carbocycles. The number of carbonyl (C=O) groups is 1. The number of pyridine rings is 1. The highest BCUT2D eigenvalue weighted by Gasteiger charge is 2.15. The standard InChI is InChI=1S/C13H10FIN2O3/c1-17-11(18)5-3-8(13(19)20)12(17)16-10-4-2-7(15)6-9(10)14/h2-6,16H,1H3,(H,19,20). The van der Waals surface area contributed by atoms with Crippen LogP contribution in [0.4, 0.5) is 15.9 Å². The minimum absolute atomic E-state index is 0.0325. The first-order valence-electron chi connectivity index (χ1n) is 5.55. The van der Waals surface area contributed by atoms with Gasteiger partial charge in [-0.05, 0) is 46.9 Å². The molecule has 7 heteroatoms. The van der Waals surface area contributed by atoms with Gasteiger partial charge in [0.15, 0.2) is 0 Å². The summed E-state index contributed by atoms with van der Waals surface area (Å²) in [6.45, 7) is 0. The van der Waals surface area contributed by atoms with E-state index in [2.05, 4.69) is 5.32 Å². The molecule has 1 aromatic carbocycles. The van der Waals surface area contributed by atoms with Crippen molar-refractivity contribution in [3.05, 3.63) is 55.6 Å². The summed E-state index contributed by atoms with van der Waals surface area (Å²) in [6, 6.07) is 6.81. The number of benzene rings is 1. The van der Waals surface area contributed by atoms with Gasteiger partial charge in [0.2, 0.25) is 0 Å². The molecule has 2 N–H and O–H groups in total. The Balaban J connectivity index is 2.55. The summed E-state index contributed by atoms with van der Waals surface area (Å²) in [6.07, 6.45) is 0. The molecule has 0 bridgehead atoms. The van der Waals surface area contributed by atoms with Crippen molar-refractivity contribution in [2.75, 3.05) is 5.32 Å². The van der Waals surface area contributed by atoms with E-state index in [0.717, 1.165) is 10.6 Å². The fraction of sp³-hybridized carbons (Fsp3) is 0.0769. The molecule has 2 aromatic rings. The van der Waals surface area contributed by atoms with Crippen molar-refractivity contribution in [2.24, 2.45) is 7.05 Å². The van der Waals surface area contributed by atoms with Gasteiger partial charge in [-0.25, -0.2) is 9.18 Å². The van der Waals surface area contributed by atoms with E-state index in [0.29, 0.717) is 3.57 Å². The highest BCUT2D eigenvalue weighted by atomic mass is 127. The molecular weight excluding hydrogens is 378 g/mol. The van der Waals surface area contributed by atoms with Gasteiger partial charge in [0.25, 0.3) is 5.56 Å². The molecular formula is C13H10FIN2O3. The Kier molecular flexibility index (Phi) is 4.07. The summed E-state index contributed by atoms with van der Waals surface area (Å²) >= 11 is 1.97. The van der Waals surface area contributed by atoms with Crippen molar-refractivity contribution < 1.29 is 14.3 Å². The Morgan fingerprint density at radius 2 is 2.05 bits per heavy atom. The first kappa shape index (κ1) is 14.5. The summed E-state index contributed by atoms with van der Waals surface area (Å²) in [5.74, 6) is -1.69. The zero-order valence-corrected chi connectivity index (χ0v) is 12.5. The van der Waals surface area contributed by atoms with Crippen molar-refractivity contribution in [1.29, 1.82) is 0 Å². The second kappa shape index (κ2) is 5.61. The molecule has 1 heterocycles. The molecule has 0 amide bonds. The fourth-order valence-electron chi connectivity index (χ4n) is 1.68. The van der Waals surface area contributed by atoms with Crippen LogP contribution in [0.3, 0.4) is 0 Å². The molecule has 0 spiro atoms. The van der Waals surface area contributed by atoms with Crippen LogP contribution in [0, 0.1) is 9.39 Å². The largest absolute Gasteiger partial charge is 0.478 e. The summed E-state index contributed by atoms with van der Waals surface area (Å²) in [5, 5.41) is 11.8. The Hall–Kier alpha value is -1.90. The van der Waals surface area contributed by atoms with Gasteiger partial charge in [0.1, 0.15) is 17.2 Å². The topological polar surface area (TPSA) is 71.3 Å². The number of nitrogens with zero attached hydrogens (tertiary/aromatic N) is 1. The maximum absolute atomic E-state index is 13.8. The molecule has 0 atom stereocenters. The Morgan fingerprint density at radius 1 is 1.35 bits per heavy atom. The zero-order valence-electron chi connectivity index (χ0n) is 10.4. The maximum Gasteiger partial charge on any atom is 0.339 e. The van der Waals surface area contributed by atoms with Crippen LogP contribution in [0.25, 0.3) is 0 Å². The summed E-state index contributed by atoms with van der Waals surface area (Å²) in [4.78, 5) is 22.7. The summed E-state index contributed by atoms with van der Waals surface area (Å²) < 4.78 is 15.6. The first-order valence-corrected chi connectivity index (χ1v) is 6.63. The molecule has 0 aliphatic heterocycles. The second-order valence-corrected chi connectivity index (χ2v) is 5.29. The number of nitrogens with one attached hydrogen (secondary N) is 1. The van der Waals surface area contributed by atoms with E-state index in [-0.39, 0.29) is 22.6 Å². The molecule has 20 heavy (non-hydrogen) atoms. The third kappa shape index (κ3) is 2.82. The molecule has 104 valence electrons. The number of rotatable bonds is 3. The fourth-order valence-corrected chi connectivity index (χ4v) is 2.13. The number of hydrogen-bond acceptors (Lipinski definition) is 3. The number of anilines is 2. The van der Waals surface area contributed by atoms with E-state index in [9.17, 15) is 14.0 Å². The zero-order chi connectivity index (χ0) is 14.9. The predicted octanol–water partition coefficient (Wildman–Crippen LogP) is 2.57. The smallest absolute Gasteiger partial charge is 0.339 e. The van der Waals surface area contributed by atoms with Gasteiger partial charge >= 0.3 is 5.97 Å². The highest BCUT2D eigenvalue weighted by Crippen LogP contribution is 2.23. The van der Waals surface area contributed by atoms with E-state index >= 15 is 0 Å². The number of hydrogen-bond donors (Lipinski definition) is 2. The van der Waals surface area contributed by atoms with Crippen molar-refractivity contribution in [1.82, 2.24) is 4.57 Å². The molecule has 0 saturated heterocycles. The van der Waals surface area contributed by atoms with Crippen molar-refractivity contribution >= 4 is 40.1 Å². The van der Waals surface area contributed by atoms with E-state index in [4.69, 9.17) is 5.11 Å². The minimum atomic E-state index is -1.20. The molecule has 0 fully saturated rings. The van der Waals surface area contributed by atoms with Gasteiger partial charge in [-0.15, -0.1) is 0 Å². The van der Waals surface area contributed by atoms with E-state index < -0.39 is 11.8 Å². The van der Waals surface area contributed by atoms with Crippen LogP contribution in [-0.2, 0) is 7.05 Å². The molecule has 2 rings (SSSR count). The molecule has 0 radical (unpaired) electrons. The van der Waals surface area contributed by atoms with Gasteiger partial charge in [0, 0.05) is 16.7 Å². The SMILES string of the molecule is Cn1c(Nc2ccc(I)cc2F)c(C(=O)O)ccc1=O. The molecule has 0 unspecified atom stereocenters. The highest BCUT2D eigenvalue weighted by molar-refractivity contribution is 14.1. The van der Waals surface area contributed by atoms with Gasteiger partial charge in [0.05, 0.1) is 5.69 Å². The van der Waals surface area contributed by atoms with Crippen LogP contribution in [0.5, 0.6) is 0 Å². The molecule has 0 aliphatic rings. The van der Waals surface area contributed by atoms with Crippen LogP contribution in [0.2, 0.25) is 0 Å². The number of halogens is 2. The lowest BCUT2D eigenvalue weighted by atomic mass is 10.2. The second-order valence-electron chi connectivity index (χ2n) is 4.05. The van der Waals surface area contributed by atoms with Gasteiger partial charge in [-0.1, -0.05) is 0 Å². The van der Waals surface area contributed by atoms with Crippen molar-refractivity contribution in [2.45, 2.75) is 0 Å². The quantitative estimate of drug-likeness (QED) is 0.794. The monoisotopic (exact) mass is 388 g/mol. The third-order valence-electron chi connectivity index (χ3n) is 2.73. The van der Waals surface area contributed by atoms with Gasteiger partial charge < -0.3 is 10.4 Å². The lowest BCUT2D eigenvalue weighted by Gasteiger charge is -2.14. The molecule has 1 aromatic heterocycles. The van der Waals surface area contributed by atoms with Crippen LogP contribution in [0.1, 0.15) is 10.4 Å². The minimum Gasteiger partial charge on any atom is -0.478 e. The number of aromatic nitrogens is 1. The lowest BCUT2D eigenvalue weighted by Crippen LogP contribution is -2.21. The maximum atomic E-state index is 13.8. The lowest BCUT2D eigenvalue weighted by molar-refractivity contribution is 0.0697. The van der Waals surface area contributed by atoms with Crippen LogP contribution < -0.4 is 10.9 Å². The van der Waals surface area contributed by atoms with Crippen LogP contribution >= 0.6 is 22.6 Å². The number of carboxylic acid groups (broad SMARTS) is 1. The Morgan fingerprint density at radius 3 is 2.65 bits per heavy atom. The summed E-state index contributed by atoms with van der Waals surface area (Å²) in [5.41, 5.74) is -0.386. The predicted molar refractivity (Wildman–Crippen MR) is 81.0 cm³/mol. The van der Waals surface area contributed by atoms with Gasteiger partial charge in [-0.3, -0.25) is 9.36 Å².